The molecule has 1 N–H and O–H groups in total. The topological polar surface area (TPSA) is 135 Å². The summed E-state index contributed by atoms with van der Waals surface area (Å²) in [5.74, 6) is -0.614. The van der Waals surface area contributed by atoms with E-state index in [4.69, 9.17) is 4.52 Å². The average Bonchev–Trinajstić information content (AvgIpc) is 3.22. The minimum atomic E-state index is -1.11. The molecule has 4 heterocycles. The smallest absolute Gasteiger partial charge is 0.279 e. The number of fused-ring (bicyclic) bond motifs is 3. The molecule has 1 aliphatic rings. The lowest BCUT2D eigenvalue weighted by atomic mass is 10.1. The summed E-state index contributed by atoms with van der Waals surface area (Å²) >= 11 is 0. The molecular weight excluding hydrogens is 429 g/mol. The normalized spacial score (nSPS) is 14.6. The maximum atomic E-state index is 14.5. The van der Waals surface area contributed by atoms with Crippen LogP contribution in [0.5, 0.6) is 0 Å². The van der Waals surface area contributed by atoms with Gasteiger partial charge in [-0.3, -0.25) is 18.7 Å². The molecule has 10 nitrogen and oxygen atoms in total. The van der Waals surface area contributed by atoms with Gasteiger partial charge in [-0.05, 0) is 37.1 Å². The highest BCUT2D eigenvalue weighted by atomic mass is 19.1. The van der Waals surface area contributed by atoms with Gasteiger partial charge in [0.05, 0.1) is 23.3 Å². The van der Waals surface area contributed by atoms with E-state index in [0.717, 1.165) is 0 Å². The first-order chi connectivity index (χ1) is 16.0. The third kappa shape index (κ3) is 2.85. The maximum Gasteiger partial charge on any atom is 0.279 e. The zero-order valence-electron chi connectivity index (χ0n) is 16.9. The van der Waals surface area contributed by atoms with Gasteiger partial charge >= 0.3 is 0 Å². The third-order valence-electron chi connectivity index (χ3n) is 5.78. The van der Waals surface area contributed by atoms with Gasteiger partial charge in [0.25, 0.3) is 11.4 Å². The van der Waals surface area contributed by atoms with Crippen LogP contribution in [0.2, 0.25) is 0 Å². The molecule has 0 amide bonds. The monoisotopic (exact) mass is 443 g/mol. The number of halogens is 1. The van der Waals surface area contributed by atoms with Crippen LogP contribution in [0.25, 0.3) is 28.1 Å². The number of imidazole rings is 1. The van der Waals surface area contributed by atoms with E-state index < -0.39 is 17.0 Å². The summed E-state index contributed by atoms with van der Waals surface area (Å²) in [6.45, 7) is 0.00423. The number of aliphatic hydroxyl groups is 1. The summed E-state index contributed by atoms with van der Waals surface area (Å²) in [6, 6.07) is 9.75. The minimum Gasteiger partial charge on any atom is -0.382 e. The average molecular weight is 443 g/mol. The molecule has 33 heavy (non-hydrogen) atoms. The van der Waals surface area contributed by atoms with Gasteiger partial charge < -0.3 is 9.63 Å². The summed E-state index contributed by atoms with van der Waals surface area (Å²) in [6.07, 6.45) is 4.02. The van der Waals surface area contributed by atoms with Gasteiger partial charge in [-0.1, -0.05) is 11.2 Å². The van der Waals surface area contributed by atoms with Crippen LogP contribution in [-0.2, 0) is 12.1 Å². The van der Waals surface area contributed by atoms with Gasteiger partial charge in [-0.25, -0.2) is 9.37 Å². The van der Waals surface area contributed by atoms with E-state index in [1.165, 1.54) is 27.4 Å². The Bertz CT molecular complexity index is 1660. The fourth-order valence-electron chi connectivity index (χ4n) is 3.91. The van der Waals surface area contributed by atoms with Gasteiger partial charge in [0.2, 0.25) is 5.82 Å². The van der Waals surface area contributed by atoms with Crippen LogP contribution in [0.1, 0.15) is 29.9 Å². The second kappa shape index (κ2) is 6.78. The van der Waals surface area contributed by atoms with Crippen LogP contribution < -0.4 is 5.56 Å². The van der Waals surface area contributed by atoms with Gasteiger partial charge in [0.15, 0.2) is 5.69 Å². The Morgan fingerprint density at radius 2 is 2.06 bits per heavy atom. The van der Waals surface area contributed by atoms with Crippen LogP contribution in [0.15, 0.2) is 52.2 Å². The first kappa shape index (κ1) is 19.3. The van der Waals surface area contributed by atoms with Crippen LogP contribution in [-0.4, -0.2) is 34.2 Å². The zero-order chi connectivity index (χ0) is 22.7. The third-order valence-corrected chi connectivity index (χ3v) is 5.78. The van der Waals surface area contributed by atoms with Crippen molar-refractivity contribution >= 4 is 16.6 Å². The fourth-order valence-corrected chi connectivity index (χ4v) is 3.91. The molecule has 1 aromatic carbocycles. The summed E-state index contributed by atoms with van der Waals surface area (Å²) in [4.78, 5) is 26.5. The first-order valence-corrected chi connectivity index (χ1v) is 10.1. The van der Waals surface area contributed by atoms with Crippen molar-refractivity contribution in [3.63, 3.8) is 0 Å². The quantitative estimate of drug-likeness (QED) is 0.446. The van der Waals surface area contributed by atoms with Crippen LogP contribution in [0.3, 0.4) is 0 Å². The Morgan fingerprint density at radius 3 is 2.79 bits per heavy atom. The molecule has 11 heteroatoms. The van der Waals surface area contributed by atoms with Gasteiger partial charge in [0.1, 0.15) is 34.9 Å². The molecule has 6 rings (SSSR count). The van der Waals surface area contributed by atoms with Crippen molar-refractivity contribution in [1.29, 1.82) is 5.26 Å². The van der Waals surface area contributed by atoms with E-state index in [1.807, 2.05) is 6.07 Å². The summed E-state index contributed by atoms with van der Waals surface area (Å²) in [7, 11) is 0. The molecule has 0 unspecified atom stereocenters. The van der Waals surface area contributed by atoms with E-state index in [1.54, 1.807) is 24.4 Å². The predicted molar refractivity (Wildman–Crippen MR) is 111 cm³/mol. The maximum absolute atomic E-state index is 14.5. The number of hydrogen-bond acceptors (Lipinski definition) is 8. The van der Waals surface area contributed by atoms with Crippen molar-refractivity contribution in [2.75, 3.05) is 0 Å². The summed E-state index contributed by atoms with van der Waals surface area (Å²) < 4.78 is 22.6. The lowest BCUT2D eigenvalue weighted by molar-refractivity contribution is 0.137. The highest BCUT2D eigenvalue weighted by molar-refractivity contribution is 5.87. The molecule has 162 valence electrons. The van der Waals surface area contributed by atoms with Crippen molar-refractivity contribution in [3.05, 3.63) is 76.1 Å². The number of rotatable bonds is 4. The van der Waals surface area contributed by atoms with Crippen molar-refractivity contribution in [2.24, 2.45) is 0 Å². The predicted octanol–water partition coefficient (Wildman–Crippen LogP) is 2.13. The lowest BCUT2D eigenvalue weighted by Gasteiger charge is -2.14. The number of nitriles is 1. The SMILES string of the molecule is N#Cc1c(F)ccc2c1n(Cc1ccccn1)c(=O)c1c(-c3nc(C4(O)CC4)no3)ncn12. The largest absolute Gasteiger partial charge is 0.382 e. The second-order valence-corrected chi connectivity index (χ2v) is 7.88. The molecule has 5 aromatic rings. The van der Waals surface area contributed by atoms with Crippen molar-refractivity contribution < 1.29 is 14.0 Å². The molecule has 1 aliphatic carbocycles. The van der Waals surface area contributed by atoms with E-state index >= 15 is 0 Å². The summed E-state index contributed by atoms with van der Waals surface area (Å²) in [5.41, 5.74) is -0.574. The zero-order valence-corrected chi connectivity index (χ0v) is 16.9. The standard InChI is InChI=1S/C22H14FN7O3/c23-14-4-5-15-17(13(14)9-24)29(10-12-3-1-2-8-25-12)20(31)18-16(26-11-30(15)18)19-27-21(28-33-19)22(32)6-7-22/h1-5,8,11,32H,6-7,10H2. The molecule has 0 saturated heterocycles. The van der Waals surface area contributed by atoms with E-state index in [0.29, 0.717) is 24.1 Å². The molecule has 4 aromatic heterocycles. The Kier molecular flexibility index (Phi) is 3.96. The molecular formula is C22H14FN7O3. The molecule has 0 bridgehead atoms. The number of pyridine rings is 1. The van der Waals surface area contributed by atoms with Gasteiger partial charge in [0, 0.05) is 6.20 Å². The lowest BCUT2D eigenvalue weighted by Crippen LogP contribution is -2.25. The molecule has 1 fully saturated rings. The Labute approximate surface area is 184 Å². The van der Waals surface area contributed by atoms with E-state index in [-0.39, 0.29) is 40.6 Å². The Balaban J connectivity index is 1.67. The molecule has 0 spiro atoms. The van der Waals surface area contributed by atoms with Gasteiger partial charge in [-0.15, -0.1) is 0 Å². The fraction of sp³-hybridized carbons (Fsp3) is 0.182. The highest BCUT2D eigenvalue weighted by Gasteiger charge is 2.47. The molecule has 0 atom stereocenters. The van der Waals surface area contributed by atoms with Crippen molar-refractivity contribution in [2.45, 2.75) is 25.0 Å². The molecule has 0 radical (unpaired) electrons. The van der Waals surface area contributed by atoms with Crippen molar-refractivity contribution in [3.8, 4) is 17.7 Å². The minimum absolute atomic E-state index is 0.00423. The van der Waals surface area contributed by atoms with Gasteiger partial charge in [-0.2, -0.15) is 10.2 Å². The molecule has 0 aliphatic heterocycles. The van der Waals surface area contributed by atoms with Crippen LogP contribution in [0, 0.1) is 17.1 Å². The van der Waals surface area contributed by atoms with Crippen molar-refractivity contribution in [1.82, 2.24) is 29.1 Å². The Morgan fingerprint density at radius 1 is 1.21 bits per heavy atom. The van der Waals surface area contributed by atoms with E-state index in [2.05, 4.69) is 20.1 Å². The number of hydrogen-bond donors (Lipinski definition) is 1. The Hall–Kier alpha value is -4.43. The number of aromatic nitrogens is 6. The highest BCUT2D eigenvalue weighted by Crippen LogP contribution is 2.44. The van der Waals surface area contributed by atoms with Crippen LogP contribution >= 0.6 is 0 Å². The van der Waals surface area contributed by atoms with E-state index in [9.17, 15) is 19.6 Å². The molecule has 1 saturated carbocycles. The number of nitrogens with zero attached hydrogens (tertiary/aromatic N) is 7. The second-order valence-electron chi connectivity index (χ2n) is 7.88. The number of benzene rings is 1. The summed E-state index contributed by atoms with van der Waals surface area (Å²) in [5, 5.41) is 23.7. The first-order valence-electron chi connectivity index (χ1n) is 10.1. The van der Waals surface area contributed by atoms with Crippen LogP contribution in [0.4, 0.5) is 4.39 Å².